The van der Waals surface area contributed by atoms with Crippen LogP contribution in [0.4, 0.5) is 0 Å². The molecule has 2 nitrogen and oxygen atoms in total. The minimum atomic E-state index is 0.433. The molecule has 0 aromatic carbocycles. The zero-order valence-corrected chi connectivity index (χ0v) is 14.8. The van der Waals surface area contributed by atoms with Gasteiger partial charge in [0.1, 0.15) is 0 Å². The third-order valence-corrected chi connectivity index (χ3v) is 5.06. The molecule has 1 fully saturated rings. The summed E-state index contributed by atoms with van der Waals surface area (Å²) >= 11 is 0. The number of nitrogens with one attached hydrogen (secondary N) is 1. The molecular weight excluding hydrogens is 258 g/mol. The van der Waals surface area contributed by atoms with Gasteiger partial charge < -0.3 is 10.1 Å². The van der Waals surface area contributed by atoms with E-state index in [0.717, 1.165) is 12.5 Å². The molecule has 1 N–H and O–H groups in total. The van der Waals surface area contributed by atoms with Gasteiger partial charge in [-0.15, -0.1) is 0 Å². The molecule has 0 heterocycles. The Hall–Kier alpha value is -0.0800. The van der Waals surface area contributed by atoms with Gasteiger partial charge in [-0.25, -0.2) is 0 Å². The van der Waals surface area contributed by atoms with E-state index in [4.69, 9.17) is 4.74 Å². The van der Waals surface area contributed by atoms with E-state index in [9.17, 15) is 0 Å². The highest BCUT2D eigenvalue weighted by Crippen LogP contribution is 2.30. The van der Waals surface area contributed by atoms with Gasteiger partial charge in [0.25, 0.3) is 0 Å². The van der Waals surface area contributed by atoms with Crippen LogP contribution in [0.2, 0.25) is 0 Å². The van der Waals surface area contributed by atoms with E-state index in [-0.39, 0.29) is 0 Å². The average Bonchev–Trinajstić information content (AvgIpc) is 2.53. The quantitative estimate of drug-likeness (QED) is 0.493. The van der Waals surface area contributed by atoms with Crippen molar-refractivity contribution in [2.75, 3.05) is 13.7 Å². The van der Waals surface area contributed by atoms with Crippen LogP contribution >= 0.6 is 0 Å². The van der Waals surface area contributed by atoms with E-state index in [1.807, 2.05) is 7.11 Å². The van der Waals surface area contributed by atoms with Crippen LogP contribution in [0, 0.1) is 5.92 Å². The van der Waals surface area contributed by atoms with Gasteiger partial charge in [-0.3, -0.25) is 0 Å². The highest BCUT2D eigenvalue weighted by Gasteiger charge is 2.29. The van der Waals surface area contributed by atoms with E-state index in [1.54, 1.807) is 0 Å². The van der Waals surface area contributed by atoms with Gasteiger partial charge in [0.2, 0.25) is 0 Å². The summed E-state index contributed by atoms with van der Waals surface area (Å²) < 4.78 is 5.96. The number of rotatable bonds is 12. The van der Waals surface area contributed by atoms with Crippen LogP contribution < -0.4 is 5.32 Å². The fourth-order valence-electron chi connectivity index (χ4n) is 3.83. The fraction of sp³-hybridized carbons (Fsp3) is 1.00. The molecule has 21 heavy (non-hydrogen) atoms. The van der Waals surface area contributed by atoms with E-state index < -0.39 is 0 Å². The Morgan fingerprint density at radius 1 is 0.952 bits per heavy atom. The van der Waals surface area contributed by atoms with E-state index in [0.29, 0.717) is 12.1 Å². The van der Waals surface area contributed by atoms with Gasteiger partial charge in [0.05, 0.1) is 6.10 Å². The Labute approximate surface area is 133 Å². The van der Waals surface area contributed by atoms with Crippen molar-refractivity contribution in [2.45, 2.75) is 103 Å². The molecule has 0 radical (unpaired) electrons. The lowest BCUT2D eigenvalue weighted by Gasteiger charge is -2.35. The third-order valence-electron chi connectivity index (χ3n) is 5.06. The maximum absolute atomic E-state index is 5.96. The van der Waals surface area contributed by atoms with Gasteiger partial charge >= 0.3 is 0 Å². The van der Waals surface area contributed by atoms with Gasteiger partial charge in [-0.05, 0) is 38.1 Å². The van der Waals surface area contributed by atoms with Crippen molar-refractivity contribution < 1.29 is 4.74 Å². The lowest BCUT2D eigenvalue weighted by Crippen LogP contribution is -2.45. The summed E-state index contributed by atoms with van der Waals surface area (Å²) in [5.41, 5.74) is 0. The number of hydrogen-bond donors (Lipinski definition) is 1. The molecule has 0 aromatic rings. The van der Waals surface area contributed by atoms with Gasteiger partial charge in [0.15, 0.2) is 0 Å². The van der Waals surface area contributed by atoms with E-state index in [2.05, 4.69) is 19.2 Å². The molecule has 2 heteroatoms. The summed E-state index contributed by atoms with van der Waals surface area (Å²) in [5.74, 6) is 0.786. The van der Waals surface area contributed by atoms with Crippen molar-refractivity contribution >= 4 is 0 Å². The Bertz CT molecular complexity index is 226. The first-order chi connectivity index (χ1) is 10.3. The minimum absolute atomic E-state index is 0.433. The number of unbranched alkanes of at least 4 members (excludes halogenated alkanes) is 4. The summed E-state index contributed by atoms with van der Waals surface area (Å²) in [6.45, 7) is 5.68. The number of ether oxygens (including phenoxy) is 1. The number of hydrogen-bond acceptors (Lipinski definition) is 2. The predicted octanol–water partition coefficient (Wildman–Crippen LogP) is 5.31. The van der Waals surface area contributed by atoms with Crippen molar-refractivity contribution in [2.24, 2.45) is 5.92 Å². The third kappa shape index (κ3) is 7.65. The molecule has 1 aliphatic carbocycles. The van der Waals surface area contributed by atoms with Crippen LogP contribution in [-0.2, 0) is 4.74 Å². The Kier molecular flexibility index (Phi) is 11.3. The highest BCUT2D eigenvalue weighted by atomic mass is 16.5. The Morgan fingerprint density at radius 2 is 1.67 bits per heavy atom. The van der Waals surface area contributed by atoms with Gasteiger partial charge in [-0.2, -0.15) is 0 Å². The van der Waals surface area contributed by atoms with Crippen LogP contribution in [0.15, 0.2) is 0 Å². The van der Waals surface area contributed by atoms with Crippen molar-refractivity contribution in [3.8, 4) is 0 Å². The standard InChI is InChI=1S/C19H39NO/c1-4-6-7-8-12-15-18(20-16-5-2)19(21-3)17-13-10-9-11-14-17/h17-20H,4-16H2,1-3H3. The van der Waals surface area contributed by atoms with Crippen molar-refractivity contribution in [1.29, 1.82) is 0 Å². The fourth-order valence-corrected chi connectivity index (χ4v) is 3.83. The summed E-state index contributed by atoms with van der Waals surface area (Å²) in [4.78, 5) is 0. The zero-order chi connectivity index (χ0) is 15.3. The summed E-state index contributed by atoms with van der Waals surface area (Å²) in [6.07, 6.45) is 16.8. The molecule has 2 unspecified atom stereocenters. The molecule has 0 spiro atoms. The molecule has 2 atom stereocenters. The van der Waals surface area contributed by atoms with Crippen molar-refractivity contribution in [3.63, 3.8) is 0 Å². The van der Waals surface area contributed by atoms with Crippen LogP contribution in [-0.4, -0.2) is 25.8 Å². The molecule has 126 valence electrons. The first kappa shape index (κ1) is 19.0. The highest BCUT2D eigenvalue weighted by molar-refractivity contribution is 4.84. The smallest absolute Gasteiger partial charge is 0.0752 e. The molecule has 0 saturated heterocycles. The predicted molar refractivity (Wildman–Crippen MR) is 92.8 cm³/mol. The van der Waals surface area contributed by atoms with Crippen LogP contribution in [0.1, 0.15) is 90.9 Å². The SMILES string of the molecule is CCCCCCCC(NCCC)C(OC)C1CCCCC1. The molecule has 1 aliphatic rings. The largest absolute Gasteiger partial charge is 0.380 e. The van der Waals surface area contributed by atoms with Gasteiger partial charge in [-0.1, -0.05) is 65.2 Å². The number of methoxy groups -OCH3 is 1. The molecule has 1 saturated carbocycles. The van der Waals surface area contributed by atoms with Crippen LogP contribution in [0.5, 0.6) is 0 Å². The monoisotopic (exact) mass is 297 g/mol. The summed E-state index contributed by atoms with van der Waals surface area (Å²) in [5, 5.41) is 3.78. The van der Waals surface area contributed by atoms with Crippen LogP contribution in [0.3, 0.4) is 0 Å². The Morgan fingerprint density at radius 3 is 2.29 bits per heavy atom. The lowest BCUT2D eigenvalue weighted by molar-refractivity contribution is 0.00553. The second kappa shape index (κ2) is 12.5. The summed E-state index contributed by atoms with van der Waals surface area (Å²) in [7, 11) is 1.93. The van der Waals surface area contributed by atoms with E-state index in [1.165, 1.54) is 77.0 Å². The normalized spacial score (nSPS) is 19.6. The zero-order valence-electron chi connectivity index (χ0n) is 14.8. The van der Waals surface area contributed by atoms with Crippen molar-refractivity contribution in [1.82, 2.24) is 5.32 Å². The average molecular weight is 298 g/mol. The van der Waals surface area contributed by atoms with Crippen LogP contribution in [0.25, 0.3) is 0 Å². The molecule has 0 amide bonds. The second-order valence-electron chi connectivity index (χ2n) is 6.86. The summed E-state index contributed by atoms with van der Waals surface area (Å²) in [6, 6.07) is 0.569. The molecule has 0 aliphatic heterocycles. The topological polar surface area (TPSA) is 21.3 Å². The molecule has 1 rings (SSSR count). The first-order valence-corrected chi connectivity index (χ1v) is 9.59. The van der Waals surface area contributed by atoms with Crippen molar-refractivity contribution in [3.05, 3.63) is 0 Å². The maximum Gasteiger partial charge on any atom is 0.0752 e. The molecular formula is C19H39NO. The molecule has 0 aromatic heterocycles. The first-order valence-electron chi connectivity index (χ1n) is 9.59. The maximum atomic E-state index is 5.96. The minimum Gasteiger partial charge on any atom is -0.380 e. The van der Waals surface area contributed by atoms with Gasteiger partial charge in [0, 0.05) is 13.2 Å². The molecule has 0 bridgehead atoms. The lowest BCUT2D eigenvalue weighted by atomic mass is 9.81. The Balaban J connectivity index is 2.43. The second-order valence-corrected chi connectivity index (χ2v) is 6.86. The van der Waals surface area contributed by atoms with E-state index >= 15 is 0 Å².